The summed E-state index contributed by atoms with van der Waals surface area (Å²) in [6.45, 7) is 0.700. The first-order chi connectivity index (χ1) is 15.9. The molecule has 12 nitrogen and oxygen atoms in total. The zero-order valence-electron chi connectivity index (χ0n) is 18.6. The molecule has 1 aliphatic carbocycles. The minimum atomic E-state index is -1.27. The molecule has 3 aliphatic rings. The molecule has 1 aromatic heterocycles. The molecule has 0 saturated carbocycles. The highest BCUT2D eigenvalue weighted by atomic mass is 16.6. The largest absolute Gasteiger partial charge is 0.394 e. The fourth-order valence-electron chi connectivity index (χ4n) is 4.60. The van der Waals surface area contributed by atoms with Crippen LogP contribution in [-0.2, 0) is 9.53 Å². The molecule has 33 heavy (non-hydrogen) atoms. The van der Waals surface area contributed by atoms with Crippen LogP contribution >= 0.6 is 0 Å². The molecule has 8 N–H and O–H groups in total. The first kappa shape index (κ1) is 23.5. The number of rotatable bonds is 9. The van der Waals surface area contributed by atoms with Crippen molar-refractivity contribution in [2.24, 2.45) is 5.73 Å². The van der Waals surface area contributed by atoms with E-state index in [1.165, 1.54) is 18.4 Å². The third-order valence-corrected chi connectivity index (χ3v) is 6.37. The van der Waals surface area contributed by atoms with Crippen LogP contribution in [-0.4, -0.2) is 82.1 Å². The van der Waals surface area contributed by atoms with E-state index >= 15 is 0 Å². The summed E-state index contributed by atoms with van der Waals surface area (Å²) >= 11 is 0. The van der Waals surface area contributed by atoms with E-state index in [9.17, 15) is 20.1 Å². The zero-order valence-corrected chi connectivity index (χ0v) is 18.6. The van der Waals surface area contributed by atoms with Crippen LogP contribution in [0.15, 0.2) is 11.6 Å². The van der Waals surface area contributed by atoms with Crippen molar-refractivity contribution >= 4 is 29.2 Å². The molecule has 1 saturated heterocycles. The maximum Gasteiger partial charge on any atom is 0.226 e. The second-order valence-corrected chi connectivity index (χ2v) is 8.71. The maximum atomic E-state index is 11.3. The van der Waals surface area contributed by atoms with Gasteiger partial charge in [-0.3, -0.25) is 4.79 Å². The highest BCUT2D eigenvalue weighted by molar-refractivity contribution is 5.84. The van der Waals surface area contributed by atoms with Gasteiger partial charge in [0.25, 0.3) is 0 Å². The highest BCUT2D eigenvalue weighted by Crippen LogP contribution is 2.42. The molecule has 3 heterocycles. The van der Waals surface area contributed by atoms with Crippen LogP contribution in [0.3, 0.4) is 0 Å². The number of ether oxygens (including phenoxy) is 1. The number of hydrogen-bond donors (Lipinski definition) is 6. The van der Waals surface area contributed by atoms with E-state index in [-0.39, 0.29) is 25.5 Å². The number of aromatic nitrogens is 2. The smallest absolute Gasteiger partial charge is 0.226 e. The maximum absolute atomic E-state index is 11.3. The lowest BCUT2D eigenvalue weighted by atomic mass is 9.97. The van der Waals surface area contributed by atoms with Gasteiger partial charge in [0.1, 0.15) is 24.0 Å². The number of carbonyl (C=O) groups excluding carboxylic acids is 1. The second-order valence-electron chi connectivity index (χ2n) is 8.71. The van der Waals surface area contributed by atoms with Crippen molar-refractivity contribution in [1.82, 2.24) is 9.97 Å². The van der Waals surface area contributed by atoms with Crippen LogP contribution in [0.5, 0.6) is 0 Å². The Bertz CT molecular complexity index is 898. The van der Waals surface area contributed by atoms with Gasteiger partial charge in [-0.1, -0.05) is 11.6 Å². The number of nitrogens with zero attached hydrogens (tertiary/aromatic N) is 4. The lowest BCUT2D eigenvalue weighted by Crippen LogP contribution is -2.46. The summed E-state index contributed by atoms with van der Waals surface area (Å²) in [5.41, 5.74) is 13.5. The predicted molar refractivity (Wildman–Crippen MR) is 122 cm³/mol. The molecule has 12 heteroatoms. The molecular formula is C21H33N7O5. The highest BCUT2D eigenvalue weighted by Gasteiger charge is 2.48. The Hall–Kier alpha value is -2.67. The summed E-state index contributed by atoms with van der Waals surface area (Å²) in [6.07, 6.45) is 3.59. The Morgan fingerprint density at radius 1 is 1.27 bits per heavy atom. The minimum absolute atomic E-state index is 0.0950. The van der Waals surface area contributed by atoms with Crippen molar-refractivity contribution in [3.05, 3.63) is 11.6 Å². The van der Waals surface area contributed by atoms with Gasteiger partial charge in [0.2, 0.25) is 11.9 Å². The van der Waals surface area contributed by atoms with E-state index < -0.39 is 37.1 Å². The lowest BCUT2D eigenvalue weighted by Gasteiger charge is -2.28. The first-order valence-corrected chi connectivity index (χ1v) is 11.4. The molecule has 1 fully saturated rings. The fraction of sp³-hybridized carbons (Fsp3) is 0.667. The Morgan fingerprint density at radius 3 is 2.76 bits per heavy atom. The van der Waals surface area contributed by atoms with Crippen molar-refractivity contribution in [3.63, 3.8) is 0 Å². The molecule has 0 bridgehead atoms. The number of allylic oxidation sites excluding steroid dienone is 1. The van der Waals surface area contributed by atoms with Crippen LogP contribution < -0.4 is 26.6 Å². The fourth-order valence-corrected chi connectivity index (χ4v) is 4.60. The summed E-state index contributed by atoms with van der Waals surface area (Å²) in [5, 5.41) is 33.5. The van der Waals surface area contributed by atoms with E-state index in [0.717, 1.165) is 19.3 Å². The van der Waals surface area contributed by atoms with Gasteiger partial charge in [-0.2, -0.15) is 9.97 Å². The summed E-state index contributed by atoms with van der Waals surface area (Å²) in [7, 11) is 0. The van der Waals surface area contributed by atoms with Crippen LogP contribution in [0.2, 0.25) is 0 Å². The number of nitrogens with two attached hydrogens (primary N) is 2. The van der Waals surface area contributed by atoms with Crippen LogP contribution in [0.4, 0.5) is 23.3 Å². The van der Waals surface area contributed by atoms with Crippen molar-refractivity contribution in [2.75, 3.05) is 47.2 Å². The van der Waals surface area contributed by atoms with Crippen LogP contribution in [0.1, 0.15) is 38.5 Å². The average molecular weight is 464 g/mol. The predicted octanol–water partition coefficient (Wildman–Crippen LogP) is -0.740. The number of primary amides is 1. The van der Waals surface area contributed by atoms with E-state index in [1.54, 1.807) is 9.80 Å². The van der Waals surface area contributed by atoms with Crippen LogP contribution in [0.25, 0.3) is 0 Å². The standard InChI is InChI=1S/C21H33N7O5/c22-14(30)7-9-27-11-28(20-17(32)16(31)13(10-29)33-20)19-15(27)18(23)25-21(26-19)24-8-6-12-4-2-1-3-5-12/h4,13,16-17,20,29,31-32H,1-3,5-11H2,(H2,22,30)(H3,23,24,25,26)/t13-,16?,17?,20-/m1/s1. The monoisotopic (exact) mass is 463 g/mol. The number of carbonyl (C=O) groups is 1. The second kappa shape index (κ2) is 10.1. The number of nitrogens with one attached hydrogen (secondary N) is 1. The molecule has 0 aromatic carbocycles. The SMILES string of the molecule is NC(=O)CCN1CN([C@@H]2O[C@H](CO)C(O)C2O)c2nc(NCCC3=CCCCC3)nc(N)c21. The topological polar surface area (TPSA) is 183 Å². The van der Waals surface area contributed by atoms with Crippen molar-refractivity contribution in [2.45, 2.75) is 63.1 Å². The normalized spacial score (nSPS) is 26.9. The first-order valence-electron chi connectivity index (χ1n) is 11.4. The van der Waals surface area contributed by atoms with Gasteiger partial charge in [-0.15, -0.1) is 0 Å². The molecule has 0 spiro atoms. The van der Waals surface area contributed by atoms with E-state index in [0.29, 0.717) is 24.0 Å². The Kier molecular flexibility index (Phi) is 7.17. The molecule has 2 aliphatic heterocycles. The van der Waals surface area contributed by atoms with E-state index in [4.69, 9.17) is 16.2 Å². The molecule has 4 rings (SSSR count). The van der Waals surface area contributed by atoms with Gasteiger partial charge in [-0.05, 0) is 32.1 Å². The van der Waals surface area contributed by atoms with Gasteiger partial charge in [0.05, 0.1) is 13.3 Å². The third kappa shape index (κ3) is 4.98. The van der Waals surface area contributed by atoms with Gasteiger partial charge >= 0.3 is 0 Å². The van der Waals surface area contributed by atoms with Gasteiger partial charge in [0, 0.05) is 19.5 Å². The van der Waals surface area contributed by atoms with Crippen molar-refractivity contribution < 1.29 is 24.9 Å². The number of amides is 1. The number of aliphatic hydroxyl groups excluding tert-OH is 3. The number of fused-ring (bicyclic) bond motifs is 1. The van der Waals surface area contributed by atoms with Crippen molar-refractivity contribution in [3.8, 4) is 0 Å². The Balaban J connectivity index is 1.56. The molecular weight excluding hydrogens is 430 g/mol. The summed E-state index contributed by atoms with van der Waals surface area (Å²) < 4.78 is 5.72. The molecule has 0 radical (unpaired) electrons. The molecule has 1 amide bonds. The quantitative estimate of drug-likeness (QED) is 0.254. The number of hydrogen-bond acceptors (Lipinski definition) is 11. The zero-order chi connectivity index (χ0) is 23.5. The van der Waals surface area contributed by atoms with E-state index in [2.05, 4.69) is 21.4 Å². The van der Waals surface area contributed by atoms with Crippen LogP contribution in [0, 0.1) is 0 Å². The minimum Gasteiger partial charge on any atom is -0.394 e. The van der Waals surface area contributed by atoms with E-state index in [1.807, 2.05) is 0 Å². The number of aliphatic hydroxyl groups is 3. The number of nitrogen functional groups attached to an aromatic ring is 1. The number of anilines is 4. The molecule has 1 aromatic rings. The van der Waals surface area contributed by atoms with Gasteiger partial charge < -0.3 is 46.6 Å². The molecule has 4 atom stereocenters. The summed E-state index contributed by atoms with van der Waals surface area (Å²) in [5.74, 6) is 0.521. The Labute approximate surface area is 192 Å². The average Bonchev–Trinajstić information content (AvgIpc) is 3.30. The third-order valence-electron chi connectivity index (χ3n) is 6.37. The summed E-state index contributed by atoms with van der Waals surface area (Å²) in [6, 6.07) is 0. The Morgan fingerprint density at radius 2 is 2.09 bits per heavy atom. The molecule has 2 unspecified atom stereocenters. The lowest BCUT2D eigenvalue weighted by molar-refractivity contribution is -0.117. The van der Waals surface area contributed by atoms with Gasteiger partial charge in [0.15, 0.2) is 17.9 Å². The molecule has 182 valence electrons. The van der Waals surface area contributed by atoms with Gasteiger partial charge in [-0.25, -0.2) is 0 Å². The summed E-state index contributed by atoms with van der Waals surface area (Å²) in [4.78, 5) is 23.8. The van der Waals surface area contributed by atoms with Crippen molar-refractivity contribution in [1.29, 1.82) is 0 Å².